The van der Waals surface area contributed by atoms with Gasteiger partial charge in [0.15, 0.2) is 0 Å². The zero-order chi connectivity index (χ0) is 18.6. The predicted octanol–water partition coefficient (Wildman–Crippen LogP) is 2.74. The number of amides is 1. The number of aliphatic hydroxyl groups is 1. The molecular weight excluding hydrogens is 342 g/mol. The van der Waals surface area contributed by atoms with Crippen LogP contribution in [0.5, 0.6) is 5.88 Å². The molecule has 0 radical (unpaired) electrons. The molecule has 1 aliphatic carbocycles. The summed E-state index contributed by atoms with van der Waals surface area (Å²) in [4.78, 5) is 19.0. The smallest absolute Gasteiger partial charge is 0.288 e. The number of ether oxygens (including phenoxy) is 1. The van der Waals surface area contributed by atoms with Crippen LogP contribution in [-0.2, 0) is 11.3 Å². The maximum absolute atomic E-state index is 12.7. The minimum Gasteiger partial charge on any atom is -0.430 e. The number of benzene rings is 1. The van der Waals surface area contributed by atoms with Crippen LogP contribution < -0.4 is 15.0 Å². The van der Waals surface area contributed by atoms with E-state index in [2.05, 4.69) is 10.3 Å². The van der Waals surface area contributed by atoms with Gasteiger partial charge in [-0.05, 0) is 30.5 Å². The van der Waals surface area contributed by atoms with Gasteiger partial charge in [-0.3, -0.25) is 4.79 Å². The van der Waals surface area contributed by atoms with Gasteiger partial charge in [-0.15, -0.1) is 0 Å². The van der Waals surface area contributed by atoms with Crippen LogP contribution in [0.15, 0.2) is 60.6 Å². The van der Waals surface area contributed by atoms with E-state index >= 15 is 0 Å². The number of carbonyl (C=O) groups is 1. The number of nitrogens with zero attached hydrogens (tertiary/aromatic N) is 2. The Morgan fingerprint density at radius 1 is 1.19 bits per heavy atom. The molecule has 1 fully saturated rings. The molecule has 1 amide bonds. The van der Waals surface area contributed by atoms with Crippen LogP contribution in [-0.4, -0.2) is 28.1 Å². The van der Waals surface area contributed by atoms with Crippen molar-refractivity contribution in [1.29, 1.82) is 0 Å². The highest BCUT2D eigenvalue weighted by atomic mass is 16.5. The Balaban J connectivity index is 1.56. The predicted molar refractivity (Wildman–Crippen MR) is 102 cm³/mol. The van der Waals surface area contributed by atoms with Gasteiger partial charge in [-0.25, -0.2) is 4.98 Å². The maximum Gasteiger partial charge on any atom is 0.288 e. The molecule has 6 heteroatoms. The van der Waals surface area contributed by atoms with Crippen LogP contribution in [0.4, 0.5) is 5.69 Å². The van der Waals surface area contributed by atoms with Gasteiger partial charge in [0.1, 0.15) is 5.69 Å². The lowest BCUT2D eigenvalue weighted by molar-refractivity contribution is -0.121. The average Bonchev–Trinajstić information content (AvgIpc) is 2.70. The number of aliphatic hydroxyl groups excluding tert-OH is 1. The monoisotopic (exact) mass is 365 g/mol. The van der Waals surface area contributed by atoms with Crippen molar-refractivity contribution in [1.82, 2.24) is 10.3 Å². The molecule has 2 aromatic rings. The second kappa shape index (κ2) is 7.80. The molecule has 1 aromatic heterocycles. The summed E-state index contributed by atoms with van der Waals surface area (Å²) < 4.78 is 5.75. The summed E-state index contributed by atoms with van der Waals surface area (Å²) in [5.41, 5.74) is 1.93. The second-order valence-electron chi connectivity index (χ2n) is 6.97. The van der Waals surface area contributed by atoms with Crippen molar-refractivity contribution in [3.8, 4) is 5.88 Å². The van der Waals surface area contributed by atoms with E-state index < -0.39 is 6.10 Å². The first-order valence-corrected chi connectivity index (χ1v) is 9.35. The van der Waals surface area contributed by atoms with Gasteiger partial charge in [-0.2, -0.15) is 0 Å². The fourth-order valence-corrected chi connectivity index (χ4v) is 3.56. The second-order valence-corrected chi connectivity index (χ2v) is 6.97. The van der Waals surface area contributed by atoms with E-state index in [1.165, 1.54) is 0 Å². The van der Waals surface area contributed by atoms with Crippen molar-refractivity contribution in [3.05, 3.63) is 66.2 Å². The average molecular weight is 365 g/mol. The molecule has 6 nitrogen and oxygen atoms in total. The van der Waals surface area contributed by atoms with Crippen LogP contribution >= 0.6 is 0 Å². The molecular formula is C21H23N3O3. The highest BCUT2D eigenvalue weighted by Crippen LogP contribution is 2.33. The summed E-state index contributed by atoms with van der Waals surface area (Å²) in [6.45, 7) is 0.603. The van der Waals surface area contributed by atoms with Gasteiger partial charge in [-0.1, -0.05) is 43.2 Å². The van der Waals surface area contributed by atoms with Crippen molar-refractivity contribution >= 4 is 11.6 Å². The summed E-state index contributed by atoms with van der Waals surface area (Å²) >= 11 is 0. The zero-order valence-corrected chi connectivity index (χ0v) is 15.0. The largest absolute Gasteiger partial charge is 0.430 e. The Kier molecular flexibility index (Phi) is 5.07. The van der Waals surface area contributed by atoms with E-state index in [9.17, 15) is 9.90 Å². The number of rotatable bonds is 4. The first-order chi connectivity index (χ1) is 13.2. The van der Waals surface area contributed by atoms with E-state index in [-0.39, 0.29) is 17.7 Å². The van der Waals surface area contributed by atoms with Gasteiger partial charge in [0.2, 0.25) is 11.6 Å². The molecule has 2 N–H and O–H groups in total. The van der Waals surface area contributed by atoms with E-state index in [1.807, 2.05) is 47.4 Å². The molecule has 2 aliphatic rings. The summed E-state index contributed by atoms with van der Waals surface area (Å²) in [5.74, 6) is 0.274. The Hall–Kier alpha value is -2.86. The third kappa shape index (κ3) is 3.95. The van der Waals surface area contributed by atoms with Crippen molar-refractivity contribution in [2.24, 2.45) is 0 Å². The molecule has 4 rings (SSSR count). The highest BCUT2D eigenvalue weighted by molar-refractivity contribution is 5.93. The van der Waals surface area contributed by atoms with Crippen molar-refractivity contribution in [2.45, 2.75) is 44.4 Å². The molecule has 27 heavy (non-hydrogen) atoms. The quantitative estimate of drug-likeness (QED) is 0.871. The third-order valence-corrected chi connectivity index (χ3v) is 5.01. The van der Waals surface area contributed by atoms with Crippen molar-refractivity contribution in [3.63, 3.8) is 0 Å². The maximum atomic E-state index is 12.7. The number of carbonyl (C=O) groups excluding carboxylic acids is 1. The molecule has 2 heterocycles. The third-order valence-electron chi connectivity index (χ3n) is 5.01. The molecule has 0 bridgehead atoms. The van der Waals surface area contributed by atoms with Crippen molar-refractivity contribution < 1.29 is 14.6 Å². The van der Waals surface area contributed by atoms with Crippen LogP contribution in [0.1, 0.15) is 31.2 Å². The Morgan fingerprint density at radius 3 is 2.81 bits per heavy atom. The molecule has 0 unspecified atom stereocenters. The number of nitrogens with one attached hydrogen (secondary N) is 1. The van der Waals surface area contributed by atoms with Gasteiger partial charge in [0.05, 0.1) is 18.3 Å². The Bertz CT molecular complexity index is 838. The summed E-state index contributed by atoms with van der Waals surface area (Å²) in [6.07, 6.45) is 6.35. The molecule has 0 saturated heterocycles. The number of aromatic nitrogens is 1. The zero-order valence-electron chi connectivity index (χ0n) is 15.0. The molecule has 1 aliphatic heterocycles. The fraction of sp³-hybridized carbons (Fsp3) is 0.333. The number of pyridine rings is 1. The van der Waals surface area contributed by atoms with Crippen molar-refractivity contribution in [2.75, 3.05) is 4.90 Å². The number of hydrogen-bond acceptors (Lipinski definition) is 5. The number of fused-ring (bicyclic) bond motifs is 1. The van der Waals surface area contributed by atoms with Gasteiger partial charge in [0, 0.05) is 12.7 Å². The minimum absolute atomic E-state index is 0.190. The van der Waals surface area contributed by atoms with Gasteiger partial charge in [0.25, 0.3) is 5.91 Å². The highest BCUT2D eigenvalue weighted by Gasteiger charge is 2.29. The standard InChI is InChI=1S/C21H23N3O3/c25-18-11-5-4-9-16(18)23-20(26)19-14-24(13-15-7-2-1-3-8-15)17-10-6-12-22-21(17)27-19/h1-3,6-8,10,12,14,16,18,25H,4-5,9,11,13H2,(H,23,26)/t16-,18-/m0/s1. The molecule has 1 saturated carbocycles. The van der Waals surface area contributed by atoms with E-state index in [0.29, 0.717) is 12.4 Å². The van der Waals surface area contributed by atoms with Gasteiger partial charge >= 0.3 is 0 Å². The fourth-order valence-electron chi connectivity index (χ4n) is 3.56. The number of anilines is 1. The molecule has 1 aromatic carbocycles. The van der Waals surface area contributed by atoms with E-state index in [4.69, 9.17) is 4.74 Å². The summed E-state index contributed by atoms with van der Waals surface area (Å²) in [5, 5.41) is 13.0. The topological polar surface area (TPSA) is 74.7 Å². The van der Waals surface area contributed by atoms with Crippen LogP contribution in [0, 0.1) is 0 Å². The normalized spacial score (nSPS) is 21.7. The lowest BCUT2D eigenvalue weighted by atomic mass is 9.92. The summed E-state index contributed by atoms with van der Waals surface area (Å²) in [6, 6.07) is 13.6. The van der Waals surface area contributed by atoms with Crippen LogP contribution in [0.25, 0.3) is 0 Å². The van der Waals surface area contributed by atoms with Gasteiger partial charge < -0.3 is 20.1 Å². The Labute approximate surface area is 158 Å². The van der Waals surface area contributed by atoms with Crippen LogP contribution in [0.2, 0.25) is 0 Å². The Morgan fingerprint density at radius 2 is 2.00 bits per heavy atom. The minimum atomic E-state index is -0.502. The SMILES string of the molecule is O=C(N[C@H]1CCCC[C@@H]1O)C1=CN(Cc2ccccc2)c2cccnc2O1. The lowest BCUT2D eigenvalue weighted by Crippen LogP contribution is -2.46. The first-order valence-electron chi connectivity index (χ1n) is 9.35. The van der Waals surface area contributed by atoms with E-state index in [1.54, 1.807) is 12.4 Å². The first kappa shape index (κ1) is 17.5. The lowest BCUT2D eigenvalue weighted by Gasteiger charge is -2.31. The molecule has 2 atom stereocenters. The van der Waals surface area contributed by atoms with Crippen LogP contribution in [0.3, 0.4) is 0 Å². The molecule has 0 spiro atoms. The summed E-state index contributed by atoms with van der Waals surface area (Å²) in [7, 11) is 0. The molecule has 140 valence electrons. The number of hydrogen-bond donors (Lipinski definition) is 2. The van der Waals surface area contributed by atoms with E-state index in [0.717, 1.165) is 36.9 Å².